The Morgan fingerprint density at radius 1 is 1.35 bits per heavy atom. The second-order valence-electron chi connectivity index (χ2n) is 6.06. The molecule has 0 radical (unpaired) electrons. The zero-order chi connectivity index (χ0) is 13.9. The first-order chi connectivity index (χ1) is 9.79. The van der Waals surface area contributed by atoms with Crippen LogP contribution in [-0.2, 0) is 4.79 Å². The first kappa shape index (κ1) is 14.1. The highest BCUT2D eigenvalue weighted by Gasteiger charge is 2.38. The van der Waals surface area contributed by atoms with Crippen molar-refractivity contribution in [3.63, 3.8) is 0 Å². The van der Waals surface area contributed by atoms with Gasteiger partial charge in [0.05, 0.1) is 6.54 Å². The summed E-state index contributed by atoms with van der Waals surface area (Å²) >= 11 is 1.74. The first-order valence-electron chi connectivity index (χ1n) is 7.87. The molecule has 1 aromatic heterocycles. The minimum Gasteiger partial charge on any atom is -0.318 e. The third-order valence-electron chi connectivity index (χ3n) is 4.73. The van der Waals surface area contributed by atoms with Crippen LogP contribution in [0.4, 0.5) is 0 Å². The van der Waals surface area contributed by atoms with E-state index in [2.05, 4.69) is 34.7 Å². The van der Waals surface area contributed by atoms with Crippen LogP contribution in [0.1, 0.15) is 56.5 Å². The Labute approximate surface area is 125 Å². The second-order valence-corrected chi connectivity index (χ2v) is 7.04. The molecule has 20 heavy (non-hydrogen) atoms. The lowest BCUT2D eigenvalue weighted by atomic mass is 9.83. The van der Waals surface area contributed by atoms with E-state index in [1.807, 2.05) is 0 Å². The van der Waals surface area contributed by atoms with Crippen LogP contribution in [-0.4, -0.2) is 23.4 Å². The number of hydrogen-bond donors (Lipinski definition) is 1. The van der Waals surface area contributed by atoms with Crippen LogP contribution in [0.25, 0.3) is 0 Å². The average molecular weight is 292 g/mol. The quantitative estimate of drug-likeness (QED) is 0.920. The molecule has 1 aliphatic carbocycles. The molecule has 2 heterocycles. The fraction of sp³-hybridized carbons (Fsp3) is 0.688. The highest BCUT2D eigenvalue weighted by molar-refractivity contribution is 7.10. The standard InChI is InChI=1S/C16H24N2OS/c1-2-4-12-6-8-13(9-7-12)18-15(19)11-17-16(18)14-5-3-10-20-14/h3,5,10,12-13,16-17H,2,4,6-9,11H2,1H3. The molecule has 3 rings (SSSR count). The van der Waals surface area contributed by atoms with Gasteiger partial charge < -0.3 is 4.90 Å². The van der Waals surface area contributed by atoms with Gasteiger partial charge in [-0.1, -0.05) is 25.8 Å². The van der Waals surface area contributed by atoms with Crippen LogP contribution < -0.4 is 5.32 Å². The van der Waals surface area contributed by atoms with Crippen molar-refractivity contribution in [2.75, 3.05) is 6.54 Å². The van der Waals surface area contributed by atoms with Gasteiger partial charge in [0.15, 0.2) is 0 Å². The summed E-state index contributed by atoms with van der Waals surface area (Å²) in [6.07, 6.45) is 7.71. The highest BCUT2D eigenvalue weighted by Crippen LogP contribution is 2.36. The summed E-state index contributed by atoms with van der Waals surface area (Å²) in [5, 5.41) is 5.47. The molecule has 1 aliphatic heterocycles. The van der Waals surface area contributed by atoms with Gasteiger partial charge in [-0.05, 0) is 43.0 Å². The predicted octanol–water partition coefficient (Wildman–Crippen LogP) is 3.54. The molecule has 1 saturated carbocycles. The van der Waals surface area contributed by atoms with E-state index in [1.165, 1.54) is 43.4 Å². The number of nitrogens with zero attached hydrogens (tertiary/aromatic N) is 1. The van der Waals surface area contributed by atoms with Crippen LogP contribution in [0.2, 0.25) is 0 Å². The van der Waals surface area contributed by atoms with Crippen molar-refractivity contribution >= 4 is 17.2 Å². The van der Waals surface area contributed by atoms with E-state index in [-0.39, 0.29) is 12.1 Å². The van der Waals surface area contributed by atoms with Crippen molar-refractivity contribution in [1.82, 2.24) is 10.2 Å². The maximum Gasteiger partial charge on any atom is 0.238 e. The fourth-order valence-corrected chi connectivity index (χ4v) is 4.53. The molecule has 3 nitrogen and oxygen atoms in total. The third-order valence-corrected chi connectivity index (χ3v) is 5.66. The van der Waals surface area contributed by atoms with E-state index in [0.717, 1.165) is 5.92 Å². The Kier molecular flexibility index (Phi) is 4.41. The molecular weight excluding hydrogens is 268 g/mol. The Morgan fingerprint density at radius 2 is 2.15 bits per heavy atom. The normalized spacial score (nSPS) is 30.9. The maximum atomic E-state index is 12.3. The van der Waals surface area contributed by atoms with E-state index in [1.54, 1.807) is 11.3 Å². The zero-order valence-electron chi connectivity index (χ0n) is 12.2. The van der Waals surface area contributed by atoms with Gasteiger partial charge in [0.1, 0.15) is 6.17 Å². The molecule has 4 heteroatoms. The summed E-state index contributed by atoms with van der Waals surface area (Å²) in [6, 6.07) is 4.65. The molecule has 0 spiro atoms. The number of thiophene rings is 1. The molecule has 2 aliphatic rings. The van der Waals surface area contributed by atoms with Crippen LogP contribution in [0.3, 0.4) is 0 Å². The molecule has 1 saturated heterocycles. The number of carbonyl (C=O) groups excluding carboxylic acids is 1. The van der Waals surface area contributed by atoms with Crippen molar-refractivity contribution in [3.8, 4) is 0 Å². The molecular formula is C16H24N2OS. The molecule has 110 valence electrons. The Balaban J connectivity index is 1.67. The number of hydrogen-bond acceptors (Lipinski definition) is 3. The van der Waals surface area contributed by atoms with Crippen molar-refractivity contribution in [2.45, 2.75) is 57.7 Å². The Bertz CT molecular complexity index is 437. The van der Waals surface area contributed by atoms with Crippen molar-refractivity contribution in [2.24, 2.45) is 5.92 Å². The summed E-state index contributed by atoms with van der Waals surface area (Å²) in [4.78, 5) is 15.7. The predicted molar refractivity (Wildman–Crippen MR) is 82.6 cm³/mol. The van der Waals surface area contributed by atoms with E-state index >= 15 is 0 Å². The van der Waals surface area contributed by atoms with Crippen LogP contribution in [0.15, 0.2) is 17.5 Å². The molecule has 1 aromatic rings. The lowest BCUT2D eigenvalue weighted by molar-refractivity contribution is -0.131. The highest BCUT2D eigenvalue weighted by atomic mass is 32.1. The van der Waals surface area contributed by atoms with Gasteiger partial charge in [0.2, 0.25) is 5.91 Å². The molecule has 1 atom stereocenters. The van der Waals surface area contributed by atoms with Crippen LogP contribution in [0, 0.1) is 5.92 Å². The number of nitrogens with one attached hydrogen (secondary N) is 1. The maximum absolute atomic E-state index is 12.3. The Morgan fingerprint density at radius 3 is 2.80 bits per heavy atom. The van der Waals surface area contributed by atoms with E-state index in [4.69, 9.17) is 0 Å². The van der Waals surface area contributed by atoms with Gasteiger partial charge in [0.25, 0.3) is 0 Å². The Hall–Kier alpha value is -0.870. The van der Waals surface area contributed by atoms with Gasteiger partial charge in [-0.15, -0.1) is 11.3 Å². The summed E-state index contributed by atoms with van der Waals surface area (Å²) in [6.45, 7) is 2.77. The topological polar surface area (TPSA) is 32.3 Å². The molecule has 1 amide bonds. The second kappa shape index (κ2) is 6.27. The van der Waals surface area contributed by atoms with Gasteiger partial charge in [-0.25, -0.2) is 0 Å². The number of amides is 1. The smallest absolute Gasteiger partial charge is 0.238 e. The minimum absolute atomic E-state index is 0.121. The SMILES string of the molecule is CCCC1CCC(N2C(=O)CNC2c2cccs2)CC1. The fourth-order valence-electron chi connectivity index (χ4n) is 3.74. The molecule has 0 aromatic carbocycles. The summed E-state index contributed by atoms with van der Waals surface area (Å²) < 4.78 is 0. The summed E-state index contributed by atoms with van der Waals surface area (Å²) in [5.41, 5.74) is 0. The number of carbonyl (C=O) groups is 1. The average Bonchev–Trinajstić information content (AvgIpc) is 3.09. The van der Waals surface area contributed by atoms with Gasteiger partial charge in [-0.3, -0.25) is 10.1 Å². The monoisotopic (exact) mass is 292 g/mol. The lowest BCUT2D eigenvalue weighted by Crippen LogP contribution is -2.41. The largest absolute Gasteiger partial charge is 0.318 e. The van der Waals surface area contributed by atoms with Gasteiger partial charge in [-0.2, -0.15) is 0 Å². The molecule has 2 fully saturated rings. The summed E-state index contributed by atoms with van der Waals surface area (Å²) in [5.74, 6) is 1.17. The van der Waals surface area contributed by atoms with E-state index in [0.29, 0.717) is 12.6 Å². The minimum atomic E-state index is 0.121. The van der Waals surface area contributed by atoms with Crippen molar-refractivity contribution in [3.05, 3.63) is 22.4 Å². The molecule has 0 bridgehead atoms. The van der Waals surface area contributed by atoms with E-state index in [9.17, 15) is 4.79 Å². The summed E-state index contributed by atoms with van der Waals surface area (Å²) in [7, 11) is 0. The molecule has 1 unspecified atom stereocenters. The first-order valence-corrected chi connectivity index (χ1v) is 8.75. The lowest BCUT2D eigenvalue weighted by Gasteiger charge is -2.37. The van der Waals surface area contributed by atoms with Crippen LogP contribution in [0.5, 0.6) is 0 Å². The number of rotatable bonds is 4. The van der Waals surface area contributed by atoms with Gasteiger partial charge in [0, 0.05) is 10.9 Å². The van der Waals surface area contributed by atoms with E-state index < -0.39 is 0 Å². The van der Waals surface area contributed by atoms with Gasteiger partial charge >= 0.3 is 0 Å². The molecule has 1 N–H and O–H groups in total. The third kappa shape index (κ3) is 2.77. The van der Waals surface area contributed by atoms with Crippen LogP contribution >= 0.6 is 11.3 Å². The zero-order valence-corrected chi connectivity index (χ0v) is 13.0. The van der Waals surface area contributed by atoms with Crippen molar-refractivity contribution < 1.29 is 4.79 Å². The van der Waals surface area contributed by atoms with Crippen molar-refractivity contribution in [1.29, 1.82) is 0 Å².